The van der Waals surface area contributed by atoms with Crippen molar-refractivity contribution in [3.05, 3.63) is 80.0 Å². The van der Waals surface area contributed by atoms with Gasteiger partial charge in [-0.15, -0.1) is 0 Å². The zero-order chi connectivity index (χ0) is 23.2. The van der Waals surface area contributed by atoms with Crippen LogP contribution in [0.3, 0.4) is 0 Å². The minimum Gasteiger partial charge on any atom is -0.283 e. The summed E-state index contributed by atoms with van der Waals surface area (Å²) in [6.45, 7) is 1.72. The molecule has 0 bridgehead atoms. The molecule has 0 spiro atoms. The molecule has 8 heteroatoms. The third-order valence-electron chi connectivity index (χ3n) is 5.86. The molecule has 4 rings (SSSR count). The van der Waals surface area contributed by atoms with Crippen molar-refractivity contribution >= 4 is 45.0 Å². The summed E-state index contributed by atoms with van der Waals surface area (Å²) in [7, 11) is 0. The number of benzene rings is 2. The van der Waals surface area contributed by atoms with Crippen LogP contribution in [0, 0.1) is 0 Å². The lowest BCUT2D eigenvalue weighted by Gasteiger charge is -2.26. The number of carbonyl (C=O) groups excluding carboxylic acids is 1. The molecular formula is C25H27BrCl2N4O. The molecule has 2 heterocycles. The highest BCUT2D eigenvalue weighted by Gasteiger charge is 2.24. The summed E-state index contributed by atoms with van der Waals surface area (Å²) in [5.41, 5.74) is 6.34. The van der Waals surface area contributed by atoms with Gasteiger partial charge in [0.2, 0.25) is 0 Å². The van der Waals surface area contributed by atoms with E-state index < -0.39 is 0 Å². The topological polar surface area (TPSA) is 50.2 Å². The van der Waals surface area contributed by atoms with E-state index in [1.165, 1.54) is 12.0 Å². The molecule has 5 nitrogen and oxygen atoms in total. The molecule has 0 unspecified atom stereocenters. The molecule has 1 amide bonds. The maximum absolute atomic E-state index is 13.1. The number of aryl methyl sites for hydroxylation is 1. The molecule has 1 aromatic heterocycles. The minimum atomic E-state index is -0.210. The fraction of sp³-hybridized carbons (Fsp3) is 0.360. The van der Waals surface area contributed by atoms with Crippen molar-refractivity contribution in [2.24, 2.45) is 0 Å². The first-order valence-corrected chi connectivity index (χ1v) is 12.9. The van der Waals surface area contributed by atoms with Crippen LogP contribution in [0.15, 0.2) is 53.0 Å². The minimum absolute atomic E-state index is 0.210. The molecule has 174 valence electrons. The summed E-state index contributed by atoms with van der Waals surface area (Å²) in [5.74, 6) is -0.210. The lowest BCUT2D eigenvalue weighted by Crippen LogP contribution is -2.45. The largest absolute Gasteiger partial charge is 0.287 e. The normalized spacial score (nSPS) is 14.4. The van der Waals surface area contributed by atoms with Gasteiger partial charge in [-0.1, -0.05) is 60.0 Å². The summed E-state index contributed by atoms with van der Waals surface area (Å²) < 4.78 is 2.49. The summed E-state index contributed by atoms with van der Waals surface area (Å²) in [5, 5.41) is 7.70. The van der Waals surface area contributed by atoms with Gasteiger partial charge >= 0.3 is 0 Å². The molecule has 1 N–H and O–H groups in total. The fourth-order valence-corrected chi connectivity index (χ4v) is 5.23. The molecule has 33 heavy (non-hydrogen) atoms. The quantitative estimate of drug-likeness (QED) is 0.320. The van der Waals surface area contributed by atoms with E-state index in [4.69, 9.17) is 23.2 Å². The van der Waals surface area contributed by atoms with Gasteiger partial charge in [-0.05, 0) is 78.2 Å². The van der Waals surface area contributed by atoms with Gasteiger partial charge in [-0.2, -0.15) is 5.10 Å². The molecule has 0 radical (unpaired) electrons. The average Bonchev–Trinajstić information content (AvgIpc) is 3.14. The Morgan fingerprint density at radius 2 is 1.73 bits per heavy atom. The van der Waals surface area contributed by atoms with E-state index in [-0.39, 0.29) is 5.91 Å². The second kappa shape index (κ2) is 11.5. The first kappa shape index (κ1) is 24.3. The molecule has 0 atom stereocenters. The van der Waals surface area contributed by atoms with E-state index in [9.17, 15) is 4.79 Å². The highest BCUT2D eigenvalue weighted by atomic mass is 79.9. The molecule has 1 aliphatic rings. The zero-order valence-electron chi connectivity index (χ0n) is 18.4. The summed E-state index contributed by atoms with van der Waals surface area (Å²) in [6, 6.07) is 15.8. The number of unbranched alkanes of at least 4 members (excludes halogenated alkanes) is 1. The number of rotatable bonds is 8. The molecule has 0 saturated carbocycles. The van der Waals surface area contributed by atoms with Crippen LogP contribution in [0.4, 0.5) is 0 Å². The maximum atomic E-state index is 13.1. The SMILES string of the molecule is O=C(NN1CCCCC1)c1nn(-c2ccc(Cl)cc2Cl)c(CCCCc2ccccc2)c1Br. The van der Waals surface area contributed by atoms with Crippen LogP contribution in [0.25, 0.3) is 5.69 Å². The van der Waals surface area contributed by atoms with Crippen LogP contribution < -0.4 is 5.43 Å². The van der Waals surface area contributed by atoms with Crippen LogP contribution >= 0.6 is 39.1 Å². The lowest BCUT2D eigenvalue weighted by molar-refractivity contribution is 0.0743. The lowest BCUT2D eigenvalue weighted by atomic mass is 10.1. The van der Waals surface area contributed by atoms with Crippen molar-refractivity contribution in [2.45, 2.75) is 44.9 Å². The van der Waals surface area contributed by atoms with Crippen molar-refractivity contribution in [3.63, 3.8) is 0 Å². The van der Waals surface area contributed by atoms with Crippen LogP contribution in [0.1, 0.15) is 53.8 Å². The number of piperidine rings is 1. The Morgan fingerprint density at radius 1 is 1.00 bits per heavy atom. The molecule has 0 aliphatic carbocycles. The standard InChI is InChI=1S/C25H27BrCl2N4O/c26-23-22(12-6-5-11-18-9-3-1-4-10-18)32(21-14-13-19(27)17-20(21)28)29-24(23)25(33)30-31-15-7-2-8-16-31/h1,3-4,9-10,13-14,17H,2,5-8,11-12,15-16H2,(H,30,33). The van der Waals surface area contributed by atoms with Gasteiger partial charge in [-0.25, -0.2) is 9.69 Å². The van der Waals surface area contributed by atoms with Gasteiger partial charge in [0.05, 0.1) is 20.9 Å². The predicted molar refractivity (Wildman–Crippen MR) is 137 cm³/mol. The van der Waals surface area contributed by atoms with E-state index in [2.05, 4.69) is 50.7 Å². The molecule has 1 aliphatic heterocycles. The molecule has 3 aromatic rings. The van der Waals surface area contributed by atoms with Gasteiger partial charge in [0.15, 0.2) is 5.69 Å². The Hall–Kier alpha value is -1.86. The number of halogens is 3. The van der Waals surface area contributed by atoms with Crippen LogP contribution in [-0.2, 0) is 12.8 Å². The number of carbonyl (C=O) groups is 1. The highest BCUT2D eigenvalue weighted by molar-refractivity contribution is 9.10. The van der Waals surface area contributed by atoms with Gasteiger partial charge in [-0.3, -0.25) is 10.2 Å². The third-order valence-corrected chi connectivity index (χ3v) is 7.23. The van der Waals surface area contributed by atoms with Crippen molar-refractivity contribution in [2.75, 3.05) is 13.1 Å². The van der Waals surface area contributed by atoms with E-state index in [0.29, 0.717) is 25.9 Å². The van der Waals surface area contributed by atoms with E-state index in [1.807, 2.05) is 17.1 Å². The van der Waals surface area contributed by atoms with E-state index >= 15 is 0 Å². The summed E-state index contributed by atoms with van der Waals surface area (Å²) in [6.07, 6.45) is 7.13. The van der Waals surface area contributed by atoms with E-state index in [0.717, 1.165) is 57.3 Å². The Bertz CT molecular complexity index is 1100. The van der Waals surface area contributed by atoms with Crippen molar-refractivity contribution in [1.29, 1.82) is 0 Å². The first-order valence-electron chi connectivity index (χ1n) is 11.4. The zero-order valence-corrected chi connectivity index (χ0v) is 21.5. The smallest absolute Gasteiger partial charge is 0.283 e. The Kier molecular flexibility index (Phi) is 8.47. The number of aromatic nitrogens is 2. The maximum Gasteiger partial charge on any atom is 0.287 e. The first-order chi connectivity index (χ1) is 16.0. The van der Waals surface area contributed by atoms with Gasteiger partial charge in [0.25, 0.3) is 5.91 Å². The van der Waals surface area contributed by atoms with Crippen LogP contribution in [0.2, 0.25) is 10.0 Å². The van der Waals surface area contributed by atoms with Crippen molar-refractivity contribution in [1.82, 2.24) is 20.2 Å². The second-order valence-electron chi connectivity index (χ2n) is 8.30. The monoisotopic (exact) mass is 548 g/mol. The number of hydrazine groups is 1. The van der Waals surface area contributed by atoms with Crippen LogP contribution in [0.5, 0.6) is 0 Å². The Morgan fingerprint density at radius 3 is 2.45 bits per heavy atom. The molecule has 1 saturated heterocycles. The van der Waals surface area contributed by atoms with E-state index in [1.54, 1.807) is 16.8 Å². The number of nitrogens with one attached hydrogen (secondary N) is 1. The fourth-order valence-electron chi connectivity index (χ4n) is 4.12. The number of hydrogen-bond donors (Lipinski definition) is 1. The summed E-state index contributed by atoms with van der Waals surface area (Å²) in [4.78, 5) is 13.1. The van der Waals surface area contributed by atoms with Crippen LogP contribution in [-0.4, -0.2) is 33.8 Å². The van der Waals surface area contributed by atoms with Crippen molar-refractivity contribution in [3.8, 4) is 5.69 Å². The second-order valence-corrected chi connectivity index (χ2v) is 9.93. The summed E-state index contributed by atoms with van der Waals surface area (Å²) >= 11 is 16.3. The van der Waals surface area contributed by atoms with Gasteiger partial charge in [0, 0.05) is 18.1 Å². The average molecular weight is 550 g/mol. The number of hydrogen-bond acceptors (Lipinski definition) is 3. The Balaban J connectivity index is 1.56. The number of nitrogens with zero attached hydrogens (tertiary/aromatic N) is 3. The molecule has 2 aromatic carbocycles. The molecular weight excluding hydrogens is 523 g/mol. The van der Waals surface area contributed by atoms with Gasteiger partial charge < -0.3 is 0 Å². The highest BCUT2D eigenvalue weighted by Crippen LogP contribution is 2.31. The number of amides is 1. The van der Waals surface area contributed by atoms with Crippen molar-refractivity contribution < 1.29 is 4.79 Å². The Labute approximate surface area is 213 Å². The predicted octanol–water partition coefficient (Wildman–Crippen LogP) is 6.64. The van der Waals surface area contributed by atoms with Gasteiger partial charge in [0.1, 0.15) is 0 Å². The molecule has 1 fully saturated rings. The third kappa shape index (κ3) is 6.18.